The van der Waals surface area contributed by atoms with E-state index in [1.807, 2.05) is 6.07 Å². The van der Waals surface area contributed by atoms with Crippen LogP contribution in [0, 0.1) is 24.2 Å². The van der Waals surface area contributed by atoms with Gasteiger partial charge in [-0.1, -0.05) is 30.9 Å². The molecule has 2 saturated heterocycles. The van der Waals surface area contributed by atoms with Crippen LogP contribution in [0.15, 0.2) is 9.70 Å². The summed E-state index contributed by atoms with van der Waals surface area (Å²) in [5.41, 5.74) is 0.758. The molecule has 1 unspecified atom stereocenters. The maximum absolute atomic E-state index is 12.8. The summed E-state index contributed by atoms with van der Waals surface area (Å²) < 4.78 is 1.64. The van der Waals surface area contributed by atoms with Crippen LogP contribution in [0.3, 0.4) is 0 Å². The van der Waals surface area contributed by atoms with Crippen molar-refractivity contribution in [1.82, 2.24) is 9.47 Å². The second kappa shape index (κ2) is 8.62. The molecule has 8 nitrogen and oxygen atoms in total. The van der Waals surface area contributed by atoms with Gasteiger partial charge in [0.1, 0.15) is 28.3 Å². The van der Waals surface area contributed by atoms with Crippen LogP contribution < -0.4 is 10.5 Å². The number of rotatable bonds is 4. The molecule has 30 heavy (non-hydrogen) atoms. The Hall–Kier alpha value is -2.64. The van der Waals surface area contributed by atoms with E-state index in [-0.39, 0.29) is 20.3 Å². The first kappa shape index (κ1) is 22.1. The van der Waals surface area contributed by atoms with Gasteiger partial charge in [0.05, 0.1) is 4.91 Å². The summed E-state index contributed by atoms with van der Waals surface area (Å²) in [4.78, 5) is 40.0. The van der Waals surface area contributed by atoms with Crippen LogP contribution in [-0.4, -0.2) is 50.4 Å². The number of piperidine rings is 1. The van der Waals surface area contributed by atoms with Crippen molar-refractivity contribution in [2.24, 2.45) is 13.0 Å². The molecule has 10 heteroatoms. The molecule has 1 atom stereocenters. The lowest BCUT2D eigenvalue weighted by Crippen LogP contribution is -2.39. The van der Waals surface area contributed by atoms with Crippen LogP contribution in [-0.2, 0) is 16.6 Å². The number of hydrogen-bond donors (Lipinski definition) is 1. The Morgan fingerprint density at radius 3 is 2.73 bits per heavy atom. The minimum atomic E-state index is -1.15. The van der Waals surface area contributed by atoms with E-state index in [2.05, 4.69) is 11.8 Å². The third kappa shape index (κ3) is 4.00. The number of nitrogens with zero attached hydrogens (tertiary/aromatic N) is 4. The molecular weight excluding hydrogens is 424 g/mol. The summed E-state index contributed by atoms with van der Waals surface area (Å²) in [5, 5.41) is 18.6. The van der Waals surface area contributed by atoms with Gasteiger partial charge < -0.3 is 10.0 Å². The van der Waals surface area contributed by atoms with Crippen LogP contribution in [0.2, 0.25) is 0 Å². The van der Waals surface area contributed by atoms with Crippen LogP contribution >= 0.6 is 24.0 Å². The zero-order valence-electron chi connectivity index (χ0n) is 17.0. The van der Waals surface area contributed by atoms with E-state index in [4.69, 9.17) is 17.3 Å². The summed E-state index contributed by atoms with van der Waals surface area (Å²) in [5.74, 6) is -0.532. The van der Waals surface area contributed by atoms with Crippen molar-refractivity contribution in [3.8, 4) is 6.07 Å². The molecule has 3 heterocycles. The zero-order chi connectivity index (χ0) is 22.2. The standard InChI is InChI=1S/C20H22N4O4S2/c1-11-5-4-6-23(9-11)17-13(12(2)14(8-21)18(27)22(17)3)7-15-19(28)24(10-16(25)26)20(29)30-15/h7,11H,4-6,9-10H2,1-3H3,(H,25,26). The Kier molecular flexibility index (Phi) is 6.33. The van der Waals surface area contributed by atoms with Gasteiger partial charge in [0.25, 0.3) is 11.5 Å². The van der Waals surface area contributed by atoms with Crippen molar-refractivity contribution < 1.29 is 14.7 Å². The highest BCUT2D eigenvalue weighted by Gasteiger charge is 2.34. The fourth-order valence-electron chi connectivity index (χ4n) is 3.88. The molecule has 158 valence electrons. The quantitative estimate of drug-likeness (QED) is 0.554. The lowest BCUT2D eigenvalue weighted by atomic mass is 9.98. The van der Waals surface area contributed by atoms with Crippen LogP contribution in [0.25, 0.3) is 6.08 Å². The Labute approximate surface area is 183 Å². The largest absolute Gasteiger partial charge is 0.480 e. The minimum absolute atomic E-state index is 0.0265. The van der Waals surface area contributed by atoms with E-state index in [1.165, 1.54) is 4.57 Å². The molecule has 2 aliphatic heterocycles. The number of hydrogen-bond acceptors (Lipinski definition) is 7. The first-order valence-corrected chi connectivity index (χ1v) is 10.7. The number of carboxylic acid groups (broad SMARTS) is 1. The molecule has 3 rings (SSSR count). The van der Waals surface area contributed by atoms with Gasteiger partial charge in [-0.05, 0) is 37.3 Å². The Balaban J connectivity index is 2.17. The van der Waals surface area contributed by atoms with Crippen molar-refractivity contribution >= 4 is 52.1 Å². The predicted molar refractivity (Wildman–Crippen MR) is 119 cm³/mol. The topological polar surface area (TPSA) is 107 Å². The molecule has 2 fully saturated rings. The molecule has 0 aliphatic carbocycles. The third-order valence-electron chi connectivity index (χ3n) is 5.37. The van der Waals surface area contributed by atoms with Crippen LogP contribution in [0.1, 0.15) is 36.5 Å². The highest BCUT2D eigenvalue weighted by Crippen LogP contribution is 2.36. The smallest absolute Gasteiger partial charge is 0.323 e. The van der Waals surface area contributed by atoms with Gasteiger partial charge in [-0.15, -0.1) is 0 Å². The number of nitriles is 1. The molecule has 0 saturated carbocycles. The SMILES string of the molecule is Cc1c(C=C2SC(=S)N(CC(=O)O)C2=O)c(N2CCCC(C)C2)n(C)c(=O)c1C#N. The number of thioether (sulfide) groups is 1. The molecular formula is C20H22N4O4S2. The minimum Gasteiger partial charge on any atom is -0.480 e. The van der Waals surface area contributed by atoms with Crippen LogP contribution in [0.5, 0.6) is 0 Å². The van der Waals surface area contributed by atoms with Crippen molar-refractivity contribution in [1.29, 1.82) is 5.26 Å². The van der Waals surface area contributed by atoms with Gasteiger partial charge in [-0.25, -0.2) is 0 Å². The normalized spacial score (nSPS) is 20.7. The van der Waals surface area contributed by atoms with Gasteiger partial charge in [-0.2, -0.15) is 5.26 Å². The molecule has 0 spiro atoms. The number of aliphatic carboxylic acids is 1. The maximum atomic E-state index is 12.8. The second-order valence-electron chi connectivity index (χ2n) is 7.57. The van der Waals surface area contributed by atoms with Gasteiger partial charge in [-0.3, -0.25) is 23.9 Å². The van der Waals surface area contributed by atoms with E-state index >= 15 is 0 Å². The number of amides is 1. The van der Waals surface area contributed by atoms with Gasteiger partial charge in [0, 0.05) is 25.7 Å². The molecule has 2 aliphatic rings. The Morgan fingerprint density at radius 1 is 1.43 bits per heavy atom. The molecule has 1 aromatic heterocycles. The number of pyridine rings is 1. The predicted octanol–water partition coefficient (Wildman–Crippen LogP) is 2.09. The van der Waals surface area contributed by atoms with E-state index < -0.39 is 18.4 Å². The summed E-state index contributed by atoms with van der Waals surface area (Å²) >= 11 is 6.20. The first-order chi connectivity index (χ1) is 14.1. The monoisotopic (exact) mass is 446 g/mol. The van der Waals surface area contributed by atoms with Gasteiger partial charge >= 0.3 is 5.97 Å². The molecule has 1 N–H and O–H groups in total. The fourth-order valence-corrected chi connectivity index (χ4v) is 5.12. The van der Waals surface area contributed by atoms with Gasteiger partial charge in [0.2, 0.25) is 0 Å². The highest BCUT2D eigenvalue weighted by molar-refractivity contribution is 8.26. The summed E-state index contributed by atoms with van der Waals surface area (Å²) in [6.45, 7) is 4.87. The molecule has 1 amide bonds. The van der Waals surface area contributed by atoms with Gasteiger partial charge in [0.15, 0.2) is 0 Å². The summed E-state index contributed by atoms with van der Waals surface area (Å²) in [7, 11) is 1.63. The van der Waals surface area contributed by atoms with E-state index in [0.717, 1.165) is 42.6 Å². The van der Waals surface area contributed by atoms with E-state index in [1.54, 1.807) is 20.0 Å². The number of carboxylic acids is 1. The lowest BCUT2D eigenvalue weighted by Gasteiger charge is -2.35. The molecule has 0 bridgehead atoms. The van der Waals surface area contributed by atoms with Crippen molar-refractivity contribution in [2.75, 3.05) is 24.5 Å². The average Bonchev–Trinajstić information content (AvgIpc) is 2.94. The summed E-state index contributed by atoms with van der Waals surface area (Å²) in [6, 6.07) is 1.98. The number of carbonyl (C=O) groups excluding carboxylic acids is 1. The Bertz CT molecular complexity index is 1070. The van der Waals surface area contributed by atoms with Crippen molar-refractivity contribution in [3.05, 3.63) is 31.9 Å². The maximum Gasteiger partial charge on any atom is 0.323 e. The van der Waals surface area contributed by atoms with E-state index in [9.17, 15) is 19.6 Å². The number of anilines is 1. The first-order valence-electron chi connectivity index (χ1n) is 9.51. The fraction of sp³-hybridized carbons (Fsp3) is 0.450. The average molecular weight is 447 g/mol. The van der Waals surface area contributed by atoms with Crippen molar-refractivity contribution in [2.45, 2.75) is 26.7 Å². The molecule has 1 aromatic rings. The number of carbonyl (C=O) groups is 2. The van der Waals surface area contributed by atoms with E-state index in [0.29, 0.717) is 22.9 Å². The Morgan fingerprint density at radius 2 is 2.13 bits per heavy atom. The van der Waals surface area contributed by atoms with Crippen molar-refractivity contribution in [3.63, 3.8) is 0 Å². The zero-order valence-corrected chi connectivity index (χ0v) is 18.6. The molecule has 0 aromatic carbocycles. The molecule has 0 radical (unpaired) electrons. The second-order valence-corrected chi connectivity index (χ2v) is 9.24. The van der Waals surface area contributed by atoms with Crippen LogP contribution in [0.4, 0.5) is 5.82 Å². The summed E-state index contributed by atoms with van der Waals surface area (Å²) in [6.07, 6.45) is 3.71. The number of thiocarbonyl (C=S) groups is 1. The third-order valence-corrected chi connectivity index (χ3v) is 6.74. The lowest BCUT2D eigenvalue weighted by molar-refractivity contribution is -0.140. The highest BCUT2D eigenvalue weighted by atomic mass is 32.2. The number of aromatic nitrogens is 1.